The summed E-state index contributed by atoms with van der Waals surface area (Å²) in [6, 6.07) is 10.2. The van der Waals surface area contributed by atoms with Crippen molar-refractivity contribution in [3.63, 3.8) is 0 Å². The van der Waals surface area contributed by atoms with Crippen molar-refractivity contribution in [2.24, 2.45) is 0 Å². The number of likely N-dealkylation sites (N-methyl/N-ethyl adjacent to an activating group) is 1. The van der Waals surface area contributed by atoms with Crippen LogP contribution in [0.2, 0.25) is 0 Å². The Hall–Kier alpha value is -0.990. The molecule has 1 aliphatic heterocycles. The second-order valence-corrected chi connectivity index (χ2v) is 7.85. The molecule has 0 saturated carbocycles. The molecule has 0 aliphatic carbocycles. The highest BCUT2D eigenvalue weighted by atomic mass is 32.2. The monoisotopic (exact) mass is 341 g/mol. The topological polar surface area (TPSA) is 61.9 Å². The highest BCUT2D eigenvalue weighted by Crippen LogP contribution is 2.21. The van der Waals surface area contributed by atoms with Gasteiger partial charge in [-0.1, -0.05) is 30.3 Å². The largest absolute Gasteiger partial charge is 0.384 e. The molecular formula is C16H27N3O3S. The maximum atomic E-state index is 12.0. The third-order valence-corrected chi connectivity index (χ3v) is 5.53. The van der Waals surface area contributed by atoms with Gasteiger partial charge in [-0.25, -0.2) is 13.1 Å². The summed E-state index contributed by atoms with van der Waals surface area (Å²) >= 11 is 0. The van der Waals surface area contributed by atoms with Crippen molar-refractivity contribution in [3.8, 4) is 0 Å². The molecule has 6 nitrogen and oxygen atoms in total. The molecule has 1 aliphatic rings. The van der Waals surface area contributed by atoms with E-state index in [4.69, 9.17) is 4.74 Å². The van der Waals surface area contributed by atoms with Crippen molar-refractivity contribution in [3.05, 3.63) is 35.9 Å². The molecule has 0 aromatic heterocycles. The van der Waals surface area contributed by atoms with E-state index in [2.05, 4.69) is 33.7 Å². The van der Waals surface area contributed by atoms with Crippen LogP contribution >= 0.6 is 0 Å². The third-order valence-electron chi connectivity index (χ3n) is 4.22. The van der Waals surface area contributed by atoms with Crippen molar-refractivity contribution < 1.29 is 13.2 Å². The van der Waals surface area contributed by atoms with E-state index in [-0.39, 0.29) is 18.4 Å². The van der Waals surface area contributed by atoms with E-state index < -0.39 is 10.0 Å². The molecule has 1 aromatic rings. The Bertz CT molecular complexity index is 557. The first-order chi connectivity index (χ1) is 11.0. The molecule has 1 heterocycles. The summed E-state index contributed by atoms with van der Waals surface area (Å²) in [4.78, 5) is 4.65. The molecule has 2 rings (SSSR count). The summed E-state index contributed by atoms with van der Waals surface area (Å²) in [6.45, 7) is 4.48. The van der Waals surface area contributed by atoms with Gasteiger partial charge >= 0.3 is 0 Å². The van der Waals surface area contributed by atoms with E-state index in [0.29, 0.717) is 6.54 Å². The van der Waals surface area contributed by atoms with Crippen molar-refractivity contribution in [2.75, 3.05) is 59.2 Å². The van der Waals surface area contributed by atoms with Crippen molar-refractivity contribution in [1.82, 2.24) is 14.5 Å². The smallest absolute Gasteiger partial charge is 0.213 e. The lowest BCUT2D eigenvalue weighted by atomic mass is 10.0. The zero-order valence-corrected chi connectivity index (χ0v) is 14.8. The number of rotatable bonds is 8. The van der Waals surface area contributed by atoms with E-state index in [0.717, 1.165) is 31.7 Å². The molecule has 0 bridgehead atoms. The van der Waals surface area contributed by atoms with Crippen LogP contribution in [-0.2, 0) is 14.8 Å². The van der Waals surface area contributed by atoms with Crippen molar-refractivity contribution >= 4 is 10.0 Å². The first kappa shape index (κ1) is 18.4. The fourth-order valence-corrected chi connectivity index (χ4v) is 3.68. The molecule has 1 atom stereocenters. The summed E-state index contributed by atoms with van der Waals surface area (Å²) in [6.07, 6.45) is 0. The lowest BCUT2D eigenvalue weighted by Crippen LogP contribution is -2.48. The van der Waals surface area contributed by atoms with Crippen LogP contribution in [0.5, 0.6) is 0 Å². The first-order valence-electron chi connectivity index (χ1n) is 7.95. The van der Waals surface area contributed by atoms with Crippen LogP contribution in [0.1, 0.15) is 11.6 Å². The Labute approximate surface area is 139 Å². The molecule has 1 saturated heterocycles. The average Bonchev–Trinajstić information content (AvgIpc) is 2.56. The van der Waals surface area contributed by atoms with Crippen LogP contribution in [0.15, 0.2) is 30.3 Å². The molecule has 0 spiro atoms. The number of sulfonamides is 1. The van der Waals surface area contributed by atoms with Gasteiger partial charge in [0.05, 0.1) is 12.4 Å². The predicted octanol–water partition coefficient (Wildman–Crippen LogP) is 0.541. The molecular weight excluding hydrogens is 314 g/mol. The number of benzene rings is 1. The quantitative estimate of drug-likeness (QED) is 0.748. The van der Waals surface area contributed by atoms with Gasteiger partial charge in [-0.05, 0) is 12.6 Å². The minimum Gasteiger partial charge on any atom is -0.384 e. The molecule has 1 aromatic carbocycles. The highest BCUT2D eigenvalue weighted by Gasteiger charge is 2.25. The lowest BCUT2D eigenvalue weighted by Gasteiger charge is -2.38. The zero-order chi connectivity index (χ0) is 16.7. The van der Waals surface area contributed by atoms with Gasteiger partial charge in [-0.2, -0.15) is 0 Å². The second-order valence-electron chi connectivity index (χ2n) is 5.93. The third kappa shape index (κ3) is 5.86. The Morgan fingerprint density at radius 2 is 1.83 bits per heavy atom. The molecule has 1 fully saturated rings. The minimum atomic E-state index is -3.31. The van der Waals surface area contributed by atoms with E-state index in [9.17, 15) is 8.42 Å². The van der Waals surface area contributed by atoms with E-state index in [1.54, 1.807) is 0 Å². The van der Waals surface area contributed by atoms with Gasteiger partial charge in [0.2, 0.25) is 10.0 Å². The van der Waals surface area contributed by atoms with Gasteiger partial charge in [0.15, 0.2) is 0 Å². The second kappa shape index (κ2) is 8.75. The summed E-state index contributed by atoms with van der Waals surface area (Å²) in [7, 11) is 0.312. The predicted molar refractivity (Wildman–Crippen MR) is 91.9 cm³/mol. The maximum Gasteiger partial charge on any atom is 0.213 e. The average molecular weight is 341 g/mol. The van der Waals surface area contributed by atoms with Gasteiger partial charge in [-0.15, -0.1) is 0 Å². The molecule has 1 N–H and O–H groups in total. The van der Waals surface area contributed by atoms with Gasteiger partial charge in [0, 0.05) is 45.9 Å². The van der Waals surface area contributed by atoms with Gasteiger partial charge in [0.25, 0.3) is 0 Å². The minimum absolute atomic E-state index is 0.00620. The summed E-state index contributed by atoms with van der Waals surface area (Å²) < 4.78 is 31.7. The summed E-state index contributed by atoms with van der Waals surface area (Å²) in [5, 5.41) is 0. The van der Waals surface area contributed by atoms with E-state index >= 15 is 0 Å². The molecule has 23 heavy (non-hydrogen) atoms. The lowest BCUT2D eigenvalue weighted by molar-refractivity contribution is 0.113. The first-order valence-corrected chi connectivity index (χ1v) is 9.61. The zero-order valence-electron chi connectivity index (χ0n) is 13.9. The standard InChI is InChI=1S/C16H27N3O3S/c1-18-8-10-19(11-9-18)16(15-6-4-3-5-7-15)14-17-23(20,21)13-12-22-2/h3-7,16-17H,8-14H2,1-2H3. The van der Waals surface area contributed by atoms with E-state index in [1.807, 2.05) is 18.2 Å². The van der Waals surface area contributed by atoms with E-state index in [1.165, 1.54) is 7.11 Å². The molecule has 0 radical (unpaired) electrons. The Morgan fingerprint density at radius 1 is 1.17 bits per heavy atom. The van der Waals surface area contributed by atoms with Crippen LogP contribution in [0.3, 0.4) is 0 Å². The van der Waals surface area contributed by atoms with Crippen molar-refractivity contribution in [1.29, 1.82) is 0 Å². The molecule has 7 heteroatoms. The molecule has 1 unspecified atom stereocenters. The number of nitrogens with one attached hydrogen (secondary N) is 1. The summed E-state index contributed by atoms with van der Waals surface area (Å²) in [5.74, 6) is -0.00620. The van der Waals surface area contributed by atoms with Crippen LogP contribution < -0.4 is 4.72 Å². The Balaban J connectivity index is 2.05. The molecule has 130 valence electrons. The summed E-state index contributed by atoms with van der Waals surface area (Å²) in [5.41, 5.74) is 1.14. The number of methoxy groups -OCH3 is 1. The number of piperazine rings is 1. The normalized spacial score (nSPS) is 18.9. The maximum absolute atomic E-state index is 12.0. The van der Waals surface area contributed by atoms with Crippen LogP contribution in [0.25, 0.3) is 0 Å². The van der Waals surface area contributed by atoms with Gasteiger partial charge in [-0.3, -0.25) is 4.90 Å². The van der Waals surface area contributed by atoms with Crippen molar-refractivity contribution in [2.45, 2.75) is 6.04 Å². The Morgan fingerprint density at radius 3 is 2.43 bits per heavy atom. The van der Waals surface area contributed by atoms with Crippen LogP contribution in [-0.4, -0.2) is 77.5 Å². The van der Waals surface area contributed by atoms with Crippen LogP contribution in [0.4, 0.5) is 0 Å². The SMILES string of the molecule is COCCS(=O)(=O)NCC(c1ccccc1)N1CCN(C)CC1. The van der Waals surface area contributed by atoms with Crippen LogP contribution in [0, 0.1) is 0 Å². The fourth-order valence-electron chi connectivity index (χ4n) is 2.74. The number of nitrogens with zero attached hydrogens (tertiary/aromatic N) is 2. The van der Waals surface area contributed by atoms with Gasteiger partial charge < -0.3 is 9.64 Å². The van der Waals surface area contributed by atoms with Gasteiger partial charge in [0.1, 0.15) is 0 Å². The fraction of sp³-hybridized carbons (Fsp3) is 0.625. The number of ether oxygens (including phenoxy) is 1. The Kier molecular flexibility index (Phi) is 6.98. The number of hydrogen-bond acceptors (Lipinski definition) is 5. The molecule has 0 amide bonds. The highest BCUT2D eigenvalue weighted by molar-refractivity contribution is 7.89. The number of hydrogen-bond donors (Lipinski definition) is 1.